The van der Waals surface area contributed by atoms with E-state index in [1.165, 1.54) is 11.1 Å². The van der Waals surface area contributed by atoms with Crippen LogP contribution in [0.4, 0.5) is 0 Å². The van der Waals surface area contributed by atoms with Crippen LogP contribution in [0.1, 0.15) is 30.9 Å². The molecule has 0 spiro atoms. The van der Waals surface area contributed by atoms with E-state index in [0.717, 1.165) is 19.3 Å². The fourth-order valence-electron chi connectivity index (χ4n) is 2.03. The lowest BCUT2D eigenvalue weighted by Crippen LogP contribution is -2.21. The van der Waals surface area contributed by atoms with Crippen molar-refractivity contribution in [2.45, 2.75) is 31.7 Å². The number of rotatable bonds is 4. The van der Waals surface area contributed by atoms with Crippen molar-refractivity contribution < 1.29 is 5.11 Å². The molecule has 0 heterocycles. The molecule has 1 atom stereocenters. The molecule has 2 rings (SSSR count). The van der Waals surface area contributed by atoms with Crippen molar-refractivity contribution in [3.8, 4) is 0 Å². The zero-order valence-corrected chi connectivity index (χ0v) is 9.24. The Morgan fingerprint density at radius 1 is 1.40 bits per heavy atom. The van der Waals surface area contributed by atoms with Crippen LogP contribution in [0.15, 0.2) is 24.3 Å². The van der Waals surface area contributed by atoms with Crippen LogP contribution in [0.5, 0.6) is 0 Å². The van der Waals surface area contributed by atoms with Gasteiger partial charge in [-0.05, 0) is 36.3 Å². The van der Waals surface area contributed by atoms with Gasteiger partial charge < -0.3 is 10.8 Å². The summed E-state index contributed by atoms with van der Waals surface area (Å²) in [4.78, 5) is 0. The number of aliphatic hydroxyl groups excluding tert-OH is 1. The normalized spacial score (nSPS) is 19.9. The summed E-state index contributed by atoms with van der Waals surface area (Å²) in [7, 11) is 0. The van der Waals surface area contributed by atoms with E-state index >= 15 is 0 Å². The first-order valence-corrected chi connectivity index (χ1v) is 5.64. The minimum atomic E-state index is -0.0637. The Balaban J connectivity index is 2.22. The predicted octanol–water partition coefficient (Wildman–Crippen LogP) is 1.81. The lowest BCUT2D eigenvalue weighted by atomic mass is 9.92. The van der Waals surface area contributed by atoms with Crippen molar-refractivity contribution in [1.82, 2.24) is 0 Å². The molecule has 1 aromatic carbocycles. The van der Waals surface area contributed by atoms with E-state index in [-0.39, 0.29) is 12.1 Å². The van der Waals surface area contributed by atoms with E-state index in [9.17, 15) is 0 Å². The largest absolute Gasteiger partial charge is 0.396 e. The number of benzene rings is 1. The number of nitrogens with two attached hydrogens (primary N) is 1. The van der Waals surface area contributed by atoms with Crippen LogP contribution in [0.25, 0.3) is 0 Å². The molecule has 1 fully saturated rings. The predicted molar refractivity (Wildman–Crippen MR) is 61.5 cm³/mol. The topological polar surface area (TPSA) is 46.2 Å². The van der Waals surface area contributed by atoms with Crippen molar-refractivity contribution in [3.63, 3.8) is 0 Å². The molecule has 1 aliphatic carbocycles. The van der Waals surface area contributed by atoms with Gasteiger partial charge in [-0.3, -0.25) is 0 Å². The van der Waals surface area contributed by atoms with Crippen LogP contribution in [0.3, 0.4) is 0 Å². The quantitative estimate of drug-likeness (QED) is 0.787. The molecule has 0 aromatic heterocycles. The van der Waals surface area contributed by atoms with E-state index in [1.54, 1.807) is 0 Å². The zero-order valence-electron chi connectivity index (χ0n) is 9.24. The summed E-state index contributed by atoms with van der Waals surface area (Å²) >= 11 is 0. The molecule has 0 bridgehead atoms. The first kappa shape index (κ1) is 10.7. The highest BCUT2D eigenvalue weighted by atomic mass is 16.3. The number of hydrogen-bond donors (Lipinski definition) is 2. The van der Waals surface area contributed by atoms with Crippen molar-refractivity contribution in [3.05, 3.63) is 35.4 Å². The Hall–Kier alpha value is -0.860. The lowest BCUT2D eigenvalue weighted by molar-refractivity contribution is 0.236. The van der Waals surface area contributed by atoms with Crippen molar-refractivity contribution >= 4 is 0 Å². The van der Waals surface area contributed by atoms with Gasteiger partial charge in [-0.1, -0.05) is 31.2 Å². The summed E-state index contributed by atoms with van der Waals surface area (Å²) < 4.78 is 0. The molecule has 0 saturated heterocycles. The minimum Gasteiger partial charge on any atom is -0.396 e. The molecule has 82 valence electrons. The molecular formula is C13H19NO. The third kappa shape index (κ3) is 2.21. The summed E-state index contributed by atoms with van der Waals surface area (Å²) in [5.41, 5.74) is 8.75. The Morgan fingerprint density at radius 3 is 2.67 bits per heavy atom. The number of hydrogen-bond acceptors (Lipinski definition) is 2. The van der Waals surface area contributed by atoms with Gasteiger partial charge in [-0.2, -0.15) is 0 Å². The van der Waals surface area contributed by atoms with Crippen LogP contribution in [-0.4, -0.2) is 11.7 Å². The standard InChI is InChI=1S/C13H19NO/c1-10(9-15)8-11-4-2-3-5-12(11)13(14)6-7-13/h2-5,10,15H,6-9,14H2,1H3. The van der Waals surface area contributed by atoms with Crippen LogP contribution in [0, 0.1) is 5.92 Å². The second kappa shape index (κ2) is 3.95. The van der Waals surface area contributed by atoms with E-state index in [1.807, 2.05) is 0 Å². The molecule has 2 nitrogen and oxygen atoms in total. The lowest BCUT2D eigenvalue weighted by Gasteiger charge is -2.17. The van der Waals surface area contributed by atoms with Crippen molar-refractivity contribution in [1.29, 1.82) is 0 Å². The van der Waals surface area contributed by atoms with Gasteiger partial charge in [0.1, 0.15) is 0 Å². The molecule has 1 saturated carbocycles. The van der Waals surface area contributed by atoms with Gasteiger partial charge in [0.25, 0.3) is 0 Å². The van der Waals surface area contributed by atoms with Gasteiger partial charge in [0.05, 0.1) is 0 Å². The maximum atomic E-state index is 9.07. The zero-order chi connectivity index (χ0) is 10.9. The van der Waals surface area contributed by atoms with Gasteiger partial charge in [0.2, 0.25) is 0 Å². The maximum absolute atomic E-state index is 9.07. The first-order valence-electron chi connectivity index (χ1n) is 5.64. The molecule has 1 aliphatic rings. The summed E-state index contributed by atoms with van der Waals surface area (Å²) in [5.74, 6) is 0.313. The average molecular weight is 205 g/mol. The van der Waals surface area contributed by atoms with Crippen LogP contribution in [-0.2, 0) is 12.0 Å². The molecule has 0 aliphatic heterocycles. The molecule has 1 aromatic rings. The molecule has 2 heteroatoms. The minimum absolute atomic E-state index is 0.0637. The highest BCUT2D eigenvalue weighted by Gasteiger charge is 2.41. The summed E-state index contributed by atoms with van der Waals surface area (Å²) in [5, 5.41) is 9.07. The second-order valence-corrected chi connectivity index (χ2v) is 4.81. The van der Waals surface area contributed by atoms with Gasteiger partial charge in [0.15, 0.2) is 0 Å². The molecular weight excluding hydrogens is 186 g/mol. The third-order valence-electron chi connectivity index (χ3n) is 3.22. The van der Waals surface area contributed by atoms with Gasteiger partial charge in [-0.25, -0.2) is 0 Å². The first-order chi connectivity index (χ1) is 7.15. The fraction of sp³-hybridized carbons (Fsp3) is 0.538. The van der Waals surface area contributed by atoms with Crippen LogP contribution >= 0.6 is 0 Å². The molecule has 0 amide bonds. The summed E-state index contributed by atoms with van der Waals surface area (Å²) in [6, 6.07) is 8.37. The van der Waals surface area contributed by atoms with Gasteiger partial charge >= 0.3 is 0 Å². The Morgan fingerprint density at radius 2 is 2.07 bits per heavy atom. The second-order valence-electron chi connectivity index (χ2n) is 4.81. The summed E-state index contributed by atoms with van der Waals surface area (Å²) in [6.45, 7) is 2.30. The SMILES string of the molecule is CC(CO)Cc1ccccc1C1(N)CC1. The van der Waals surface area contributed by atoms with Gasteiger partial charge in [0, 0.05) is 12.1 Å². The monoisotopic (exact) mass is 205 g/mol. The molecule has 1 unspecified atom stereocenters. The van der Waals surface area contributed by atoms with E-state index < -0.39 is 0 Å². The van der Waals surface area contributed by atoms with Gasteiger partial charge in [-0.15, -0.1) is 0 Å². The smallest absolute Gasteiger partial charge is 0.0459 e. The number of aliphatic hydroxyl groups is 1. The van der Waals surface area contributed by atoms with Crippen LogP contribution in [0.2, 0.25) is 0 Å². The van der Waals surface area contributed by atoms with Crippen LogP contribution < -0.4 is 5.73 Å². The van der Waals surface area contributed by atoms with Crippen molar-refractivity contribution in [2.75, 3.05) is 6.61 Å². The van der Waals surface area contributed by atoms with E-state index in [0.29, 0.717) is 5.92 Å². The molecule has 15 heavy (non-hydrogen) atoms. The fourth-order valence-corrected chi connectivity index (χ4v) is 2.03. The Labute approximate surface area is 91.1 Å². The molecule has 3 N–H and O–H groups in total. The molecule has 0 radical (unpaired) electrons. The van der Waals surface area contributed by atoms with Crippen molar-refractivity contribution in [2.24, 2.45) is 11.7 Å². The Bertz CT molecular complexity index is 344. The highest BCUT2D eigenvalue weighted by Crippen LogP contribution is 2.44. The maximum Gasteiger partial charge on any atom is 0.0459 e. The highest BCUT2D eigenvalue weighted by molar-refractivity contribution is 5.37. The van der Waals surface area contributed by atoms with E-state index in [4.69, 9.17) is 10.8 Å². The Kier molecular flexibility index (Phi) is 2.81. The third-order valence-corrected chi connectivity index (χ3v) is 3.22. The summed E-state index contributed by atoms with van der Waals surface area (Å²) in [6.07, 6.45) is 3.11. The van der Waals surface area contributed by atoms with E-state index in [2.05, 4.69) is 31.2 Å². The average Bonchev–Trinajstić information content (AvgIpc) is 2.98.